The molecule has 0 spiro atoms. The van der Waals surface area contributed by atoms with Crippen LogP contribution in [0.2, 0.25) is 0 Å². The third kappa shape index (κ3) is 1.53. The van der Waals surface area contributed by atoms with Crippen LogP contribution in [0.1, 0.15) is 33.6 Å². The fourth-order valence-corrected chi connectivity index (χ4v) is 1.16. The second kappa shape index (κ2) is 3.09. The molecule has 0 amide bonds. The van der Waals surface area contributed by atoms with Crippen LogP contribution < -0.4 is 0 Å². The predicted molar refractivity (Wildman–Crippen MR) is 42.7 cm³/mol. The zero-order valence-corrected chi connectivity index (χ0v) is 7.05. The highest BCUT2D eigenvalue weighted by Crippen LogP contribution is 2.24. The topological polar surface area (TPSA) is 9.23 Å². The molecule has 1 aliphatic rings. The molecule has 0 N–H and O–H groups in total. The van der Waals surface area contributed by atoms with Crippen molar-refractivity contribution in [1.82, 2.24) is 0 Å². The number of hydrogen-bond donors (Lipinski definition) is 0. The monoisotopic (exact) mass is 140 g/mol. The van der Waals surface area contributed by atoms with Gasteiger partial charge in [0.1, 0.15) is 6.10 Å². The Hall–Kier alpha value is -0.460. The van der Waals surface area contributed by atoms with Crippen LogP contribution in [0.15, 0.2) is 11.8 Å². The van der Waals surface area contributed by atoms with Gasteiger partial charge in [-0.05, 0) is 17.9 Å². The lowest BCUT2D eigenvalue weighted by Gasteiger charge is -2.13. The Labute approximate surface area is 63.1 Å². The maximum absolute atomic E-state index is 5.46. The first-order valence-electron chi connectivity index (χ1n) is 4.07. The molecule has 0 saturated carbocycles. The summed E-state index contributed by atoms with van der Waals surface area (Å²) in [7, 11) is 0. The lowest BCUT2D eigenvalue weighted by Crippen LogP contribution is -2.13. The van der Waals surface area contributed by atoms with Crippen LogP contribution in [0.5, 0.6) is 0 Å². The van der Waals surface area contributed by atoms with E-state index in [1.165, 1.54) is 5.57 Å². The highest BCUT2D eigenvalue weighted by atomic mass is 16.5. The van der Waals surface area contributed by atoms with Crippen molar-refractivity contribution < 1.29 is 4.74 Å². The highest BCUT2D eigenvalue weighted by molar-refractivity contribution is 5.04. The van der Waals surface area contributed by atoms with Crippen LogP contribution in [0.4, 0.5) is 0 Å². The van der Waals surface area contributed by atoms with E-state index in [1.807, 2.05) is 6.26 Å². The summed E-state index contributed by atoms with van der Waals surface area (Å²) in [6.07, 6.45) is 4.68. The molecule has 1 nitrogen and oxygen atoms in total. The van der Waals surface area contributed by atoms with Crippen molar-refractivity contribution in [2.75, 3.05) is 0 Å². The summed E-state index contributed by atoms with van der Waals surface area (Å²) in [5.41, 5.74) is 1.46. The van der Waals surface area contributed by atoms with Crippen molar-refractivity contribution in [1.29, 1.82) is 0 Å². The van der Waals surface area contributed by atoms with Gasteiger partial charge in [0.25, 0.3) is 0 Å². The molecule has 0 radical (unpaired) electrons. The Kier molecular flexibility index (Phi) is 2.36. The molecule has 1 unspecified atom stereocenters. The van der Waals surface area contributed by atoms with Gasteiger partial charge in [-0.3, -0.25) is 0 Å². The van der Waals surface area contributed by atoms with Crippen LogP contribution >= 0.6 is 0 Å². The van der Waals surface area contributed by atoms with Crippen molar-refractivity contribution in [3.05, 3.63) is 11.8 Å². The quantitative estimate of drug-likeness (QED) is 0.573. The minimum atomic E-state index is 0.454. The highest BCUT2D eigenvalue weighted by Gasteiger charge is 2.19. The minimum absolute atomic E-state index is 0.454. The summed E-state index contributed by atoms with van der Waals surface area (Å²) in [6.45, 7) is 6.59. The second-order valence-corrected chi connectivity index (χ2v) is 3.25. The summed E-state index contributed by atoms with van der Waals surface area (Å²) in [5.74, 6) is 0.653. The van der Waals surface area contributed by atoms with E-state index >= 15 is 0 Å². The average Bonchev–Trinajstić information content (AvgIpc) is 2.34. The molecule has 1 rings (SSSR count). The first-order valence-corrected chi connectivity index (χ1v) is 4.07. The van der Waals surface area contributed by atoms with Gasteiger partial charge in [0.2, 0.25) is 0 Å². The van der Waals surface area contributed by atoms with E-state index < -0.39 is 0 Å². The molecule has 1 heterocycles. The number of hydrogen-bond acceptors (Lipinski definition) is 1. The first-order chi connectivity index (χ1) is 4.74. The smallest absolute Gasteiger partial charge is 0.104 e. The molecule has 10 heavy (non-hydrogen) atoms. The number of rotatable bonds is 2. The molecule has 0 bridgehead atoms. The Balaban J connectivity index is 2.36. The van der Waals surface area contributed by atoms with E-state index in [9.17, 15) is 0 Å². The summed E-state index contributed by atoms with van der Waals surface area (Å²) in [5, 5.41) is 0. The third-order valence-electron chi connectivity index (χ3n) is 2.07. The second-order valence-electron chi connectivity index (χ2n) is 3.25. The fraction of sp³-hybridized carbons (Fsp3) is 0.778. The summed E-state index contributed by atoms with van der Waals surface area (Å²) in [4.78, 5) is 0. The van der Waals surface area contributed by atoms with Crippen LogP contribution in [0.25, 0.3) is 0 Å². The van der Waals surface area contributed by atoms with Gasteiger partial charge in [0.05, 0.1) is 6.26 Å². The number of ether oxygens (including phenoxy) is 1. The Morgan fingerprint density at radius 3 is 2.70 bits per heavy atom. The van der Waals surface area contributed by atoms with Crippen LogP contribution in [0.3, 0.4) is 0 Å². The molecule has 1 atom stereocenters. The van der Waals surface area contributed by atoms with Gasteiger partial charge >= 0.3 is 0 Å². The standard InChI is InChI=1S/C9H16O/c1-4-8-5-9(7(2)3)10-6-8/h6-7,9H,4-5H2,1-3H3. The zero-order chi connectivity index (χ0) is 7.56. The molecule has 0 aliphatic carbocycles. The first kappa shape index (κ1) is 7.64. The van der Waals surface area contributed by atoms with Crippen molar-refractivity contribution in [2.24, 2.45) is 5.92 Å². The lowest BCUT2D eigenvalue weighted by atomic mass is 10.0. The molecule has 1 aliphatic heterocycles. The minimum Gasteiger partial charge on any atom is -0.497 e. The van der Waals surface area contributed by atoms with E-state index in [4.69, 9.17) is 4.74 Å². The Morgan fingerprint density at radius 2 is 2.40 bits per heavy atom. The lowest BCUT2D eigenvalue weighted by molar-refractivity contribution is 0.125. The van der Waals surface area contributed by atoms with Crippen molar-refractivity contribution in [3.8, 4) is 0 Å². The van der Waals surface area contributed by atoms with Crippen LogP contribution in [-0.4, -0.2) is 6.10 Å². The summed E-state index contributed by atoms with van der Waals surface area (Å²) < 4.78 is 5.46. The van der Waals surface area contributed by atoms with E-state index in [-0.39, 0.29) is 0 Å². The molecular formula is C9H16O. The van der Waals surface area contributed by atoms with Crippen molar-refractivity contribution >= 4 is 0 Å². The molecule has 0 aromatic heterocycles. The van der Waals surface area contributed by atoms with E-state index in [2.05, 4.69) is 20.8 Å². The normalized spacial score (nSPS) is 24.8. The molecule has 58 valence electrons. The molecular weight excluding hydrogens is 124 g/mol. The Morgan fingerprint density at radius 1 is 1.70 bits per heavy atom. The van der Waals surface area contributed by atoms with E-state index in [0.29, 0.717) is 12.0 Å². The maximum atomic E-state index is 5.46. The largest absolute Gasteiger partial charge is 0.497 e. The fourth-order valence-electron chi connectivity index (χ4n) is 1.16. The molecule has 1 heteroatoms. The summed E-state index contributed by atoms with van der Waals surface area (Å²) >= 11 is 0. The maximum Gasteiger partial charge on any atom is 0.104 e. The van der Waals surface area contributed by atoms with Gasteiger partial charge in [0, 0.05) is 6.42 Å². The molecule has 0 saturated heterocycles. The zero-order valence-electron chi connectivity index (χ0n) is 7.05. The van der Waals surface area contributed by atoms with Crippen LogP contribution in [-0.2, 0) is 4.74 Å². The summed E-state index contributed by atoms with van der Waals surface area (Å²) in [6, 6.07) is 0. The predicted octanol–water partition coefficient (Wildman–Crippen LogP) is 2.73. The Bertz CT molecular complexity index is 136. The van der Waals surface area contributed by atoms with Crippen molar-refractivity contribution in [3.63, 3.8) is 0 Å². The van der Waals surface area contributed by atoms with Crippen molar-refractivity contribution in [2.45, 2.75) is 39.7 Å². The molecule has 0 aromatic rings. The average molecular weight is 140 g/mol. The third-order valence-corrected chi connectivity index (χ3v) is 2.07. The van der Waals surface area contributed by atoms with Gasteiger partial charge in [0.15, 0.2) is 0 Å². The molecule has 0 aromatic carbocycles. The molecule has 0 fully saturated rings. The SMILES string of the molecule is CCC1=COC(C(C)C)C1. The van der Waals surface area contributed by atoms with Gasteiger partial charge < -0.3 is 4.74 Å². The van der Waals surface area contributed by atoms with E-state index in [0.717, 1.165) is 12.8 Å². The van der Waals surface area contributed by atoms with Gasteiger partial charge in [-0.1, -0.05) is 20.8 Å². The van der Waals surface area contributed by atoms with Gasteiger partial charge in [-0.2, -0.15) is 0 Å². The van der Waals surface area contributed by atoms with E-state index in [1.54, 1.807) is 0 Å². The van der Waals surface area contributed by atoms with Crippen LogP contribution in [0, 0.1) is 5.92 Å². The van der Waals surface area contributed by atoms with Gasteiger partial charge in [-0.25, -0.2) is 0 Å². The van der Waals surface area contributed by atoms with Gasteiger partial charge in [-0.15, -0.1) is 0 Å².